The molecule has 0 N–H and O–H groups in total. The predicted molar refractivity (Wildman–Crippen MR) is 72.7 cm³/mol. The first-order valence-electron chi connectivity index (χ1n) is 6.59. The molecule has 88 valence electrons. The van der Waals surface area contributed by atoms with E-state index in [0.717, 1.165) is 0 Å². The average molecular weight is 225 g/mol. The number of likely N-dealkylation sites (tertiary alicyclic amines) is 1. The van der Waals surface area contributed by atoms with Gasteiger partial charge in [0.15, 0.2) is 0 Å². The molecule has 1 heteroatoms. The topological polar surface area (TPSA) is 3.24 Å². The molecule has 0 radical (unpaired) electrons. The van der Waals surface area contributed by atoms with Gasteiger partial charge in [0.25, 0.3) is 0 Å². The molecule has 1 aliphatic heterocycles. The Bertz CT molecular complexity index is 424. The van der Waals surface area contributed by atoms with Gasteiger partial charge in [0.1, 0.15) is 0 Å². The molecule has 1 nitrogen and oxygen atoms in total. The van der Waals surface area contributed by atoms with E-state index in [0.29, 0.717) is 5.92 Å². The second kappa shape index (κ2) is 4.89. The third-order valence-electron chi connectivity index (χ3n) is 3.78. The summed E-state index contributed by atoms with van der Waals surface area (Å²) in [6.07, 6.45) is 9.58. The molecule has 0 bridgehead atoms. The van der Waals surface area contributed by atoms with Crippen LogP contribution >= 0.6 is 0 Å². The summed E-state index contributed by atoms with van der Waals surface area (Å²) in [6.45, 7) is 3.76. The molecule has 17 heavy (non-hydrogen) atoms. The van der Waals surface area contributed by atoms with E-state index >= 15 is 0 Å². The Morgan fingerprint density at radius 3 is 2.59 bits per heavy atom. The normalized spacial score (nSPS) is 24.2. The van der Waals surface area contributed by atoms with E-state index in [2.05, 4.69) is 53.5 Å². The van der Waals surface area contributed by atoms with E-state index in [-0.39, 0.29) is 0 Å². The van der Waals surface area contributed by atoms with Crippen molar-refractivity contribution in [2.45, 2.75) is 12.8 Å². The smallest absolute Gasteiger partial charge is 0.0155 e. The molecule has 2 aliphatic rings. The lowest BCUT2D eigenvalue weighted by Gasteiger charge is -2.21. The van der Waals surface area contributed by atoms with Crippen LogP contribution in [0.15, 0.2) is 48.6 Å². The third kappa shape index (κ3) is 2.34. The minimum Gasteiger partial charge on any atom is -0.302 e. The number of allylic oxidation sites excluding steroid dienone is 2. The van der Waals surface area contributed by atoms with Gasteiger partial charge in [-0.1, -0.05) is 48.6 Å². The molecule has 1 aromatic rings. The molecule has 1 saturated heterocycles. The molecule has 0 aromatic heterocycles. The summed E-state index contributed by atoms with van der Waals surface area (Å²) in [5.41, 5.74) is 2.86. The Hall–Kier alpha value is -1.34. The summed E-state index contributed by atoms with van der Waals surface area (Å²) in [6, 6.07) is 10.8. The fourth-order valence-electron chi connectivity index (χ4n) is 2.86. The van der Waals surface area contributed by atoms with Crippen LogP contribution in [0.3, 0.4) is 0 Å². The lowest BCUT2D eigenvalue weighted by atomic mass is 9.95. The highest BCUT2D eigenvalue weighted by molar-refractivity contribution is 5.73. The molecular weight excluding hydrogens is 206 g/mol. The Morgan fingerprint density at radius 1 is 1.06 bits per heavy atom. The van der Waals surface area contributed by atoms with Crippen molar-refractivity contribution in [1.82, 2.24) is 4.90 Å². The maximum Gasteiger partial charge on any atom is 0.0155 e. The summed E-state index contributed by atoms with van der Waals surface area (Å²) in [5, 5.41) is 0. The summed E-state index contributed by atoms with van der Waals surface area (Å²) in [4.78, 5) is 2.59. The molecule has 1 unspecified atom stereocenters. The number of nitrogens with zero attached hydrogens (tertiary/aromatic N) is 1. The monoisotopic (exact) mass is 225 g/mol. The Morgan fingerprint density at radius 2 is 1.82 bits per heavy atom. The molecule has 0 spiro atoms. The lowest BCUT2D eigenvalue weighted by Crippen LogP contribution is -2.25. The van der Waals surface area contributed by atoms with E-state index in [9.17, 15) is 0 Å². The van der Waals surface area contributed by atoms with Gasteiger partial charge in [-0.3, -0.25) is 0 Å². The molecule has 0 saturated carbocycles. The van der Waals surface area contributed by atoms with Crippen LogP contribution in [0.25, 0.3) is 5.57 Å². The fraction of sp³-hybridized carbons (Fsp3) is 0.375. The van der Waals surface area contributed by atoms with Crippen molar-refractivity contribution in [3.05, 3.63) is 54.1 Å². The zero-order valence-corrected chi connectivity index (χ0v) is 10.2. The molecule has 1 heterocycles. The van der Waals surface area contributed by atoms with Gasteiger partial charge in [0, 0.05) is 12.5 Å². The van der Waals surface area contributed by atoms with Crippen LogP contribution in [0.5, 0.6) is 0 Å². The maximum atomic E-state index is 2.59. The molecular formula is C16H19N. The van der Waals surface area contributed by atoms with Crippen LogP contribution in [-0.4, -0.2) is 24.5 Å². The SMILES string of the molecule is C1=CC(CN2CCCC2)C(c2ccccc2)=C1. The Balaban J connectivity index is 1.73. The second-order valence-corrected chi connectivity index (χ2v) is 4.99. The quantitative estimate of drug-likeness (QED) is 0.762. The van der Waals surface area contributed by atoms with E-state index in [4.69, 9.17) is 0 Å². The average Bonchev–Trinajstić information content (AvgIpc) is 3.02. The van der Waals surface area contributed by atoms with Crippen LogP contribution < -0.4 is 0 Å². The molecule has 0 amide bonds. The molecule has 1 atom stereocenters. The minimum atomic E-state index is 0.593. The van der Waals surface area contributed by atoms with Crippen LogP contribution in [0.4, 0.5) is 0 Å². The van der Waals surface area contributed by atoms with Gasteiger partial charge in [0.2, 0.25) is 0 Å². The predicted octanol–water partition coefficient (Wildman–Crippen LogP) is 3.35. The number of benzene rings is 1. The van der Waals surface area contributed by atoms with Gasteiger partial charge < -0.3 is 4.90 Å². The van der Waals surface area contributed by atoms with Gasteiger partial charge in [-0.25, -0.2) is 0 Å². The van der Waals surface area contributed by atoms with Gasteiger partial charge >= 0.3 is 0 Å². The van der Waals surface area contributed by atoms with E-state index in [1.54, 1.807) is 0 Å². The van der Waals surface area contributed by atoms with Crippen LogP contribution in [0, 0.1) is 5.92 Å². The Labute approximate surface area is 103 Å². The first kappa shape index (κ1) is 10.8. The van der Waals surface area contributed by atoms with Crippen molar-refractivity contribution in [3.8, 4) is 0 Å². The van der Waals surface area contributed by atoms with Crippen LogP contribution in [-0.2, 0) is 0 Å². The largest absolute Gasteiger partial charge is 0.302 e. The van der Waals surface area contributed by atoms with Crippen molar-refractivity contribution in [3.63, 3.8) is 0 Å². The first-order valence-corrected chi connectivity index (χ1v) is 6.59. The Kier molecular flexibility index (Phi) is 3.10. The first-order chi connectivity index (χ1) is 8.43. The van der Waals surface area contributed by atoms with Crippen LogP contribution in [0.1, 0.15) is 18.4 Å². The van der Waals surface area contributed by atoms with Crippen LogP contribution in [0.2, 0.25) is 0 Å². The lowest BCUT2D eigenvalue weighted by molar-refractivity contribution is 0.326. The maximum absolute atomic E-state index is 2.59. The highest BCUT2D eigenvalue weighted by Gasteiger charge is 2.21. The van der Waals surface area contributed by atoms with E-state index < -0.39 is 0 Å². The van der Waals surface area contributed by atoms with Gasteiger partial charge in [0.05, 0.1) is 0 Å². The van der Waals surface area contributed by atoms with Crippen molar-refractivity contribution < 1.29 is 0 Å². The van der Waals surface area contributed by atoms with Crippen molar-refractivity contribution in [2.24, 2.45) is 5.92 Å². The molecule has 3 rings (SSSR count). The van der Waals surface area contributed by atoms with Gasteiger partial charge in [-0.05, 0) is 37.1 Å². The standard InChI is InChI=1S/C16H19N/c1-2-7-14(8-3-1)16-10-6-9-15(16)13-17-11-4-5-12-17/h1-3,6-10,15H,4-5,11-13H2. The zero-order chi connectivity index (χ0) is 11.5. The van der Waals surface area contributed by atoms with Crippen molar-refractivity contribution >= 4 is 5.57 Å². The van der Waals surface area contributed by atoms with Crippen molar-refractivity contribution in [1.29, 1.82) is 0 Å². The van der Waals surface area contributed by atoms with Gasteiger partial charge in [-0.2, -0.15) is 0 Å². The number of hydrogen-bond acceptors (Lipinski definition) is 1. The molecule has 1 aromatic carbocycles. The van der Waals surface area contributed by atoms with Gasteiger partial charge in [-0.15, -0.1) is 0 Å². The van der Waals surface area contributed by atoms with E-state index in [1.807, 2.05) is 0 Å². The van der Waals surface area contributed by atoms with E-state index in [1.165, 1.54) is 43.6 Å². The molecule has 1 aliphatic carbocycles. The van der Waals surface area contributed by atoms with Crippen molar-refractivity contribution in [2.75, 3.05) is 19.6 Å². The minimum absolute atomic E-state index is 0.593. The third-order valence-corrected chi connectivity index (χ3v) is 3.78. The summed E-state index contributed by atoms with van der Waals surface area (Å²) < 4.78 is 0. The summed E-state index contributed by atoms with van der Waals surface area (Å²) in [5.74, 6) is 0.593. The fourth-order valence-corrected chi connectivity index (χ4v) is 2.86. The number of hydrogen-bond donors (Lipinski definition) is 0. The second-order valence-electron chi connectivity index (χ2n) is 4.99. The zero-order valence-electron chi connectivity index (χ0n) is 10.2. The number of rotatable bonds is 3. The summed E-state index contributed by atoms with van der Waals surface area (Å²) >= 11 is 0. The molecule has 1 fully saturated rings. The highest BCUT2D eigenvalue weighted by Crippen LogP contribution is 2.30. The summed E-state index contributed by atoms with van der Waals surface area (Å²) in [7, 11) is 0. The highest BCUT2D eigenvalue weighted by atomic mass is 15.1.